The van der Waals surface area contributed by atoms with Gasteiger partial charge in [-0.2, -0.15) is 0 Å². The predicted octanol–water partition coefficient (Wildman–Crippen LogP) is 0.0292. The number of hydrogen-bond acceptors (Lipinski definition) is 3. The van der Waals surface area contributed by atoms with Crippen molar-refractivity contribution in [3.8, 4) is 0 Å². The van der Waals surface area contributed by atoms with Crippen LogP contribution in [-0.2, 0) is 4.79 Å². The average Bonchev–Trinajstić information content (AvgIpc) is 2.32. The molecule has 4 heteroatoms. The minimum Gasteiger partial charge on any atom is -0.278 e. The SMILES string of the molecule is C/C=c1/cccc2c1=C(C)C(=O)N(O)C2=O. The molecule has 1 aliphatic heterocycles. The van der Waals surface area contributed by atoms with E-state index in [1.165, 1.54) is 0 Å². The summed E-state index contributed by atoms with van der Waals surface area (Å²) in [5.41, 5.74) is 0.737. The first-order valence-corrected chi connectivity index (χ1v) is 4.92. The lowest BCUT2D eigenvalue weighted by Crippen LogP contribution is -2.47. The quantitative estimate of drug-likeness (QED) is 0.492. The molecule has 2 rings (SSSR count). The van der Waals surface area contributed by atoms with Gasteiger partial charge in [0.1, 0.15) is 0 Å². The Morgan fingerprint density at radius 2 is 1.94 bits per heavy atom. The second kappa shape index (κ2) is 3.57. The molecule has 0 aromatic heterocycles. The van der Waals surface area contributed by atoms with Crippen LogP contribution in [0.25, 0.3) is 11.6 Å². The number of carbonyl (C=O) groups is 2. The lowest BCUT2D eigenvalue weighted by molar-refractivity contribution is -0.147. The second-order valence-corrected chi connectivity index (χ2v) is 3.61. The van der Waals surface area contributed by atoms with Crippen molar-refractivity contribution in [2.45, 2.75) is 13.8 Å². The van der Waals surface area contributed by atoms with E-state index in [0.29, 0.717) is 16.4 Å². The standard InChI is InChI=1S/C12H11NO3/c1-3-8-5-4-6-9-10(8)7(2)11(14)13(16)12(9)15/h3-6,16H,1-2H3/b8-3-. The molecule has 0 unspecified atom stereocenters. The van der Waals surface area contributed by atoms with Gasteiger partial charge in [-0.1, -0.05) is 18.2 Å². The highest BCUT2D eigenvalue weighted by atomic mass is 16.5. The lowest BCUT2D eigenvalue weighted by atomic mass is 10.0. The molecule has 1 aromatic carbocycles. The van der Waals surface area contributed by atoms with Crippen LogP contribution in [0.3, 0.4) is 0 Å². The fourth-order valence-electron chi connectivity index (χ4n) is 1.88. The minimum atomic E-state index is -0.672. The summed E-state index contributed by atoms with van der Waals surface area (Å²) in [5, 5.41) is 10.9. The van der Waals surface area contributed by atoms with Gasteiger partial charge in [-0.05, 0) is 25.1 Å². The maximum absolute atomic E-state index is 11.7. The molecular weight excluding hydrogens is 206 g/mol. The molecule has 16 heavy (non-hydrogen) atoms. The van der Waals surface area contributed by atoms with Gasteiger partial charge in [0.25, 0.3) is 11.8 Å². The molecule has 0 saturated carbocycles. The number of amides is 2. The molecule has 1 N–H and O–H groups in total. The van der Waals surface area contributed by atoms with Crippen LogP contribution in [0, 0.1) is 0 Å². The summed E-state index contributed by atoms with van der Waals surface area (Å²) in [4.78, 5) is 23.2. The van der Waals surface area contributed by atoms with E-state index in [9.17, 15) is 14.8 Å². The summed E-state index contributed by atoms with van der Waals surface area (Å²) in [6.07, 6.45) is 1.83. The van der Waals surface area contributed by atoms with Crippen LogP contribution in [0.2, 0.25) is 0 Å². The number of rotatable bonds is 0. The fourth-order valence-corrected chi connectivity index (χ4v) is 1.88. The van der Waals surface area contributed by atoms with E-state index in [2.05, 4.69) is 0 Å². The summed E-state index contributed by atoms with van der Waals surface area (Å²) in [6, 6.07) is 5.16. The molecule has 0 fully saturated rings. The van der Waals surface area contributed by atoms with Crippen molar-refractivity contribution in [2.24, 2.45) is 0 Å². The van der Waals surface area contributed by atoms with Gasteiger partial charge in [-0.3, -0.25) is 14.8 Å². The first-order chi connectivity index (χ1) is 7.57. The van der Waals surface area contributed by atoms with E-state index in [0.717, 1.165) is 5.22 Å². The van der Waals surface area contributed by atoms with Gasteiger partial charge in [-0.25, -0.2) is 0 Å². The number of hydroxylamine groups is 2. The number of hydrogen-bond donors (Lipinski definition) is 1. The summed E-state index contributed by atoms with van der Waals surface area (Å²) >= 11 is 0. The van der Waals surface area contributed by atoms with Gasteiger partial charge < -0.3 is 0 Å². The van der Waals surface area contributed by atoms with Gasteiger partial charge >= 0.3 is 0 Å². The highest BCUT2D eigenvalue weighted by Gasteiger charge is 2.29. The molecule has 0 aliphatic carbocycles. The minimum absolute atomic E-state index is 0.164. The average molecular weight is 217 g/mol. The topological polar surface area (TPSA) is 57.6 Å². The monoisotopic (exact) mass is 217 g/mol. The number of nitrogens with zero attached hydrogens (tertiary/aromatic N) is 1. The summed E-state index contributed by atoms with van der Waals surface area (Å²) in [5.74, 6) is -1.33. The first kappa shape index (κ1) is 10.6. The number of fused-ring (bicyclic) bond motifs is 1. The van der Waals surface area contributed by atoms with Crippen LogP contribution < -0.4 is 10.4 Å². The zero-order chi connectivity index (χ0) is 11.9. The molecule has 0 spiro atoms. The Morgan fingerprint density at radius 3 is 2.56 bits per heavy atom. The molecular formula is C12H11NO3. The molecule has 1 aliphatic rings. The van der Waals surface area contributed by atoms with Crippen molar-refractivity contribution >= 4 is 23.5 Å². The molecule has 0 atom stereocenters. The van der Waals surface area contributed by atoms with Crippen LogP contribution in [0.1, 0.15) is 24.2 Å². The van der Waals surface area contributed by atoms with E-state index in [1.54, 1.807) is 19.1 Å². The van der Waals surface area contributed by atoms with E-state index in [1.807, 2.05) is 19.1 Å². The highest BCUT2D eigenvalue weighted by molar-refractivity contribution is 6.23. The molecule has 0 saturated heterocycles. The Morgan fingerprint density at radius 1 is 1.25 bits per heavy atom. The van der Waals surface area contributed by atoms with Gasteiger partial charge in [0.05, 0.1) is 5.56 Å². The van der Waals surface area contributed by atoms with Gasteiger partial charge in [-0.15, -0.1) is 5.06 Å². The van der Waals surface area contributed by atoms with E-state index in [4.69, 9.17) is 0 Å². The van der Waals surface area contributed by atoms with Crippen molar-refractivity contribution < 1.29 is 14.8 Å². The van der Waals surface area contributed by atoms with Crippen molar-refractivity contribution in [3.63, 3.8) is 0 Å². The lowest BCUT2D eigenvalue weighted by Gasteiger charge is -2.19. The Labute approximate surface area is 92.1 Å². The van der Waals surface area contributed by atoms with Crippen LogP contribution in [-0.4, -0.2) is 22.1 Å². The first-order valence-electron chi connectivity index (χ1n) is 4.92. The molecule has 1 heterocycles. The summed E-state index contributed by atoms with van der Waals surface area (Å²) in [6.45, 7) is 3.44. The van der Waals surface area contributed by atoms with E-state index in [-0.39, 0.29) is 5.06 Å². The largest absolute Gasteiger partial charge is 0.285 e. The third kappa shape index (κ3) is 1.27. The number of imide groups is 1. The zero-order valence-electron chi connectivity index (χ0n) is 9.02. The highest BCUT2D eigenvalue weighted by Crippen LogP contribution is 2.08. The van der Waals surface area contributed by atoms with Crippen LogP contribution in [0.15, 0.2) is 18.2 Å². The van der Waals surface area contributed by atoms with E-state index >= 15 is 0 Å². The van der Waals surface area contributed by atoms with Crippen LogP contribution in [0.5, 0.6) is 0 Å². The van der Waals surface area contributed by atoms with Gasteiger partial charge in [0.2, 0.25) is 0 Å². The smallest absolute Gasteiger partial charge is 0.278 e. The Hall–Kier alpha value is -1.94. The number of carbonyl (C=O) groups excluding carboxylic acids is 2. The fraction of sp³-hybridized carbons (Fsp3) is 0.167. The third-order valence-electron chi connectivity index (χ3n) is 2.72. The van der Waals surface area contributed by atoms with Gasteiger partial charge in [0.15, 0.2) is 0 Å². The molecule has 1 aromatic rings. The van der Waals surface area contributed by atoms with Crippen molar-refractivity contribution in [3.05, 3.63) is 34.2 Å². The van der Waals surface area contributed by atoms with Crippen molar-refractivity contribution in [1.29, 1.82) is 0 Å². The number of benzene rings is 1. The Bertz CT molecular complexity index is 601. The van der Waals surface area contributed by atoms with E-state index < -0.39 is 11.8 Å². The van der Waals surface area contributed by atoms with Crippen LogP contribution in [0.4, 0.5) is 0 Å². The molecule has 82 valence electrons. The second-order valence-electron chi connectivity index (χ2n) is 3.61. The summed E-state index contributed by atoms with van der Waals surface area (Å²) < 4.78 is 0. The van der Waals surface area contributed by atoms with Gasteiger partial charge in [0, 0.05) is 10.8 Å². The third-order valence-corrected chi connectivity index (χ3v) is 2.72. The maximum atomic E-state index is 11.7. The Kier molecular flexibility index (Phi) is 2.36. The van der Waals surface area contributed by atoms with Crippen molar-refractivity contribution in [2.75, 3.05) is 0 Å². The normalized spacial score (nSPS) is 16.8. The molecule has 4 nitrogen and oxygen atoms in total. The molecule has 2 amide bonds. The maximum Gasteiger partial charge on any atom is 0.285 e. The predicted molar refractivity (Wildman–Crippen MR) is 57.9 cm³/mol. The van der Waals surface area contributed by atoms with Crippen LogP contribution >= 0.6 is 0 Å². The summed E-state index contributed by atoms with van der Waals surface area (Å²) in [7, 11) is 0. The Balaban J connectivity index is 3.00. The molecule has 0 bridgehead atoms. The zero-order valence-corrected chi connectivity index (χ0v) is 9.02. The molecule has 0 radical (unpaired) electrons. The van der Waals surface area contributed by atoms with Crippen molar-refractivity contribution in [1.82, 2.24) is 5.06 Å².